The number of aromatic nitrogens is 1. The lowest BCUT2D eigenvalue weighted by molar-refractivity contribution is 0.351. The lowest BCUT2D eigenvalue weighted by atomic mass is 9.89. The van der Waals surface area contributed by atoms with Crippen LogP contribution in [-0.2, 0) is 6.42 Å². The van der Waals surface area contributed by atoms with Crippen LogP contribution in [-0.4, -0.2) is 18.1 Å². The van der Waals surface area contributed by atoms with Gasteiger partial charge in [-0.2, -0.15) is 0 Å². The predicted molar refractivity (Wildman–Crippen MR) is 86.4 cm³/mol. The second kappa shape index (κ2) is 6.02. The van der Waals surface area contributed by atoms with Gasteiger partial charge in [0.15, 0.2) is 5.13 Å². The van der Waals surface area contributed by atoms with Gasteiger partial charge in [-0.3, -0.25) is 0 Å². The quantitative estimate of drug-likeness (QED) is 0.903. The van der Waals surface area contributed by atoms with Crippen LogP contribution in [0, 0.1) is 11.8 Å². The van der Waals surface area contributed by atoms with Gasteiger partial charge >= 0.3 is 0 Å². The van der Waals surface area contributed by atoms with Gasteiger partial charge in [0.25, 0.3) is 0 Å². The third-order valence-electron chi connectivity index (χ3n) is 4.97. The zero-order valence-corrected chi connectivity index (χ0v) is 13.6. The Morgan fingerprint density at radius 1 is 1.20 bits per heavy atom. The molecule has 20 heavy (non-hydrogen) atoms. The van der Waals surface area contributed by atoms with Gasteiger partial charge in [0, 0.05) is 24.0 Å². The average Bonchev–Trinajstić information content (AvgIpc) is 2.70. The number of nitrogens with two attached hydrogens (primary N) is 1. The number of anilines is 1. The summed E-state index contributed by atoms with van der Waals surface area (Å²) in [5, 5.41) is 1.23. The van der Waals surface area contributed by atoms with E-state index in [4.69, 9.17) is 10.7 Å². The Kier molecular flexibility index (Phi) is 4.32. The van der Waals surface area contributed by atoms with Crippen LogP contribution in [0.15, 0.2) is 0 Å². The monoisotopic (exact) mass is 293 g/mol. The van der Waals surface area contributed by atoms with Crippen molar-refractivity contribution in [1.29, 1.82) is 0 Å². The highest BCUT2D eigenvalue weighted by Gasteiger charge is 2.25. The topological polar surface area (TPSA) is 42.2 Å². The Morgan fingerprint density at radius 2 is 2.05 bits per heavy atom. The molecule has 0 radical (unpaired) electrons. The molecule has 3 rings (SSSR count). The first-order valence-corrected chi connectivity index (χ1v) is 8.97. The van der Waals surface area contributed by atoms with E-state index in [2.05, 4.69) is 18.7 Å². The molecule has 0 spiro atoms. The van der Waals surface area contributed by atoms with E-state index in [1.54, 1.807) is 0 Å². The minimum atomic E-state index is 0.236. The molecule has 0 aromatic carbocycles. The zero-order valence-electron chi connectivity index (χ0n) is 12.8. The van der Waals surface area contributed by atoms with Crippen LogP contribution < -0.4 is 10.6 Å². The van der Waals surface area contributed by atoms with Crippen molar-refractivity contribution in [1.82, 2.24) is 4.98 Å². The fraction of sp³-hybridized carbons (Fsp3) is 0.812. The number of thiazole rings is 1. The molecule has 0 bridgehead atoms. The highest BCUT2D eigenvalue weighted by Crippen LogP contribution is 2.37. The summed E-state index contributed by atoms with van der Waals surface area (Å²) in [6, 6.07) is 0.236. The third-order valence-corrected chi connectivity index (χ3v) is 6.26. The van der Waals surface area contributed by atoms with Crippen molar-refractivity contribution < 1.29 is 0 Å². The fourth-order valence-corrected chi connectivity index (χ4v) is 4.75. The van der Waals surface area contributed by atoms with Crippen molar-refractivity contribution in [2.45, 2.75) is 58.4 Å². The molecule has 2 N–H and O–H groups in total. The Hall–Kier alpha value is -0.610. The molecule has 2 unspecified atom stereocenters. The standard InChI is InChI=1S/C16H27N3S/c1-11(2)12-5-4-9-19(10-8-12)16-18-14-7-3-6-13(17)15(14)20-16/h11-13H,3-10,17H2,1-2H3. The van der Waals surface area contributed by atoms with E-state index in [1.165, 1.54) is 54.5 Å². The molecule has 1 aromatic rings. The molecule has 1 fully saturated rings. The lowest BCUT2D eigenvalue weighted by Gasteiger charge is -2.20. The van der Waals surface area contributed by atoms with Crippen LogP contribution in [0.25, 0.3) is 0 Å². The molecule has 1 saturated heterocycles. The normalized spacial score (nSPS) is 27.5. The van der Waals surface area contributed by atoms with Crippen LogP contribution >= 0.6 is 11.3 Å². The second-order valence-electron chi connectivity index (χ2n) is 6.73. The van der Waals surface area contributed by atoms with E-state index in [9.17, 15) is 0 Å². The molecular weight excluding hydrogens is 266 g/mol. The number of nitrogens with zero attached hydrogens (tertiary/aromatic N) is 2. The van der Waals surface area contributed by atoms with Crippen molar-refractivity contribution in [3.05, 3.63) is 10.6 Å². The van der Waals surface area contributed by atoms with Crippen molar-refractivity contribution >= 4 is 16.5 Å². The third kappa shape index (κ3) is 2.86. The van der Waals surface area contributed by atoms with E-state index >= 15 is 0 Å². The molecule has 4 heteroatoms. The Bertz CT molecular complexity index is 455. The maximum atomic E-state index is 6.23. The van der Waals surface area contributed by atoms with E-state index in [1.807, 2.05) is 11.3 Å². The minimum Gasteiger partial charge on any atom is -0.348 e. The van der Waals surface area contributed by atoms with Crippen molar-refractivity contribution in [3.63, 3.8) is 0 Å². The first kappa shape index (κ1) is 14.3. The summed E-state index contributed by atoms with van der Waals surface area (Å²) in [6.07, 6.45) is 7.45. The van der Waals surface area contributed by atoms with Crippen molar-refractivity contribution in [2.24, 2.45) is 17.6 Å². The zero-order chi connectivity index (χ0) is 14.1. The molecular formula is C16H27N3S. The molecule has 3 nitrogen and oxygen atoms in total. The minimum absolute atomic E-state index is 0.236. The van der Waals surface area contributed by atoms with Gasteiger partial charge in [-0.25, -0.2) is 4.98 Å². The summed E-state index contributed by atoms with van der Waals surface area (Å²) < 4.78 is 0. The SMILES string of the molecule is CC(C)C1CCCN(c2nc3c(s2)C(N)CCC3)CC1. The molecule has 1 aliphatic carbocycles. The summed E-state index contributed by atoms with van der Waals surface area (Å²) in [6.45, 7) is 7.07. The molecule has 0 saturated carbocycles. The Balaban J connectivity index is 1.73. The van der Waals surface area contributed by atoms with Crippen molar-refractivity contribution in [3.8, 4) is 0 Å². The summed E-state index contributed by atoms with van der Waals surface area (Å²) in [5.41, 5.74) is 7.52. The highest BCUT2D eigenvalue weighted by atomic mass is 32.1. The average molecular weight is 293 g/mol. The Morgan fingerprint density at radius 3 is 2.80 bits per heavy atom. The molecule has 2 aliphatic rings. The largest absolute Gasteiger partial charge is 0.348 e. The molecule has 112 valence electrons. The van der Waals surface area contributed by atoms with Gasteiger partial charge in [0.2, 0.25) is 0 Å². The molecule has 1 aromatic heterocycles. The maximum Gasteiger partial charge on any atom is 0.185 e. The molecule has 1 aliphatic heterocycles. The van der Waals surface area contributed by atoms with Crippen LogP contribution in [0.3, 0.4) is 0 Å². The van der Waals surface area contributed by atoms with E-state index in [0.29, 0.717) is 0 Å². The Labute approximate surface area is 126 Å². The van der Waals surface area contributed by atoms with E-state index in [-0.39, 0.29) is 6.04 Å². The van der Waals surface area contributed by atoms with Crippen LogP contribution in [0.2, 0.25) is 0 Å². The summed E-state index contributed by atoms with van der Waals surface area (Å²) in [5.74, 6) is 1.70. The molecule has 2 heterocycles. The van der Waals surface area contributed by atoms with Crippen molar-refractivity contribution in [2.75, 3.05) is 18.0 Å². The fourth-order valence-electron chi connectivity index (χ4n) is 3.56. The number of hydrogen-bond acceptors (Lipinski definition) is 4. The van der Waals surface area contributed by atoms with Gasteiger partial charge in [0.1, 0.15) is 0 Å². The van der Waals surface area contributed by atoms with Gasteiger partial charge in [-0.1, -0.05) is 25.2 Å². The van der Waals surface area contributed by atoms with Gasteiger partial charge in [0.05, 0.1) is 5.69 Å². The van der Waals surface area contributed by atoms with E-state index in [0.717, 1.165) is 24.7 Å². The number of fused-ring (bicyclic) bond motifs is 1. The summed E-state index contributed by atoms with van der Waals surface area (Å²) in [4.78, 5) is 8.77. The lowest BCUT2D eigenvalue weighted by Crippen LogP contribution is -2.24. The van der Waals surface area contributed by atoms with Gasteiger partial charge < -0.3 is 10.6 Å². The molecule has 0 amide bonds. The molecule has 2 atom stereocenters. The van der Waals surface area contributed by atoms with E-state index < -0.39 is 0 Å². The highest BCUT2D eigenvalue weighted by molar-refractivity contribution is 7.15. The van der Waals surface area contributed by atoms with Crippen LogP contribution in [0.4, 0.5) is 5.13 Å². The number of rotatable bonds is 2. The number of aryl methyl sites for hydroxylation is 1. The van der Waals surface area contributed by atoms with Crippen LogP contribution in [0.5, 0.6) is 0 Å². The maximum absolute atomic E-state index is 6.23. The first-order chi connectivity index (χ1) is 9.65. The summed E-state index contributed by atoms with van der Waals surface area (Å²) >= 11 is 1.86. The smallest absolute Gasteiger partial charge is 0.185 e. The van der Waals surface area contributed by atoms with Crippen LogP contribution in [0.1, 0.15) is 62.6 Å². The number of hydrogen-bond donors (Lipinski definition) is 1. The first-order valence-electron chi connectivity index (χ1n) is 8.15. The summed E-state index contributed by atoms with van der Waals surface area (Å²) in [7, 11) is 0. The predicted octanol–water partition coefficient (Wildman–Crippen LogP) is 3.74. The second-order valence-corrected chi connectivity index (χ2v) is 7.74. The van der Waals surface area contributed by atoms with Gasteiger partial charge in [-0.05, 0) is 50.4 Å². The van der Waals surface area contributed by atoms with Gasteiger partial charge in [-0.15, -0.1) is 0 Å².